The third kappa shape index (κ3) is 4.41. The van der Waals surface area contributed by atoms with E-state index in [-0.39, 0.29) is 29.9 Å². The van der Waals surface area contributed by atoms with Crippen molar-refractivity contribution in [3.05, 3.63) is 27.8 Å². The van der Waals surface area contributed by atoms with Crippen LogP contribution in [-0.4, -0.2) is 31.4 Å². The maximum atomic E-state index is 11.8. The van der Waals surface area contributed by atoms with Crippen LogP contribution in [0.4, 0.5) is 0 Å². The van der Waals surface area contributed by atoms with Crippen LogP contribution >= 0.6 is 0 Å². The molecule has 1 unspecified atom stereocenters. The second kappa shape index (κ2) is 7.95. The number of methoxy groups -OCH3 is 2. The summed E-state index contributed by atoms with van der Waals surface area (Å²) in [4.78, 5) is 23.4. The van der Waals surface area contributed by atoms with Gasteiger partial charge in [0.2, 0.25) is 0 Å². The van der Waals surface area contributed by atoms with E-state index in [1.165, 1.54) is 6.07 Å². The molecule has 0 amide bonds. The Morgan fingerprint density at radius 3 is 2.43 bits per heavy atom. The summed E-state index contributed by atoms with van der Waals surface area (Å²) in [6.45, 7) is 3.48. The van der Waals surface area contributed by atoms with Crippen molar-refractivity contribution in [2.24, 2.45) is 0 Å². The quantitative estimate of drug-likeness (QED) is 0.586. The Morgan fingerprint density at radius 1 is 1.33 bits per heavy atom. The van der Waals surface area contributed by atoms with Crippen LogP contribution < -0.4 is 5.63 Å². The number of hydrogen-bond donors (Lipinski definition) is 1. The predicted octanol–water partition coefficient (Wildman–Crippen LogP) is 2.44. The average molecular weight is 298 g/mol. The van der Waals surface area contributed by atoms with Crippen molar-refractivity contribution in [1.29, 1.82) is 0 Å². The fourth-order valence-corrected chi connectivity index (χ4v) is 2.04. The number of carbonyl (C=O) groups is 1. The van der Waals surface area contributed by atoms with Crippen LogP contribution in [0.1, 0.15) is 55.1 Å². The van der Waals surface area contributed by atoms with Crippen molar-refractivity contribution >= 4 is 5.78 Å². The number of hydrogen-bond acceptors (Lipinski definition) is 6. The summed E-state index contributed by atoms with van der Waals surface area (Å²) in [5.74, 6) is -0.521. The van der Waals surface area contributed by atoms with E-state index in [0.29, 0.717) is 18.6 Å². The Balaban J connectivity index is 2.90. The van der Waals surface area contributed by atoms with Gasteiger partial charge in [-0.3, -0.25) is 4.79 Å². The Bertz CT molecular complexity index is 529. The maximum absolute atomic E-state index is 11.8. The molecule has 0 saturated carbocycles. The van der Waals surface area contributed by atoms with Crippen LogP contribution in [0.3, 0.4) is 0 Å². The minimum Gasteiger partial charge on any atom is -0.507 e. The largest absolute Gasteiger partial charge is 0.507 e. The van der Waals surface area contributed by atoms with Gasteiger partial charge in [0.15, 0.2) is 12.1 Å². The first-order valence-corrected chi connectivity index (χ1v) is 6.90. The van der Waals surface area contributed by atoms with E-state index in [1.807, 2.05) is 6.92 Å². The summed E-state index contributed by atoms with van der Waals surface area (Å²) in [6, 6.07) is 1.34. The summed E-state index contributed by atoms with van der Waals surface area (Å²) in [7, 11) is 3.10. The van der Waals surface area contributed by atoms with Crippen molar-refractivity contribution in [1.82, 2.24) is 0 Å². The third-order valence-electron chi connectivity index (χ3n) is 3.40. The zero-order valence-electron chi connectivity index (χ0n) is 12.8. The molecule has 118 valence electrons. The van der Waals surface area contributed by atoms with Gasteiger partial charge >= 0.3 is 5.63 Å². The summed E-state index contributed by atoms with van der Waals surface area (Å²) in [6.07, 6.45) is 1.08. The molecule has 21 heavy (non-hydrogen) atoms. The van der Waals surface area contributed by atoms with Crippen LogP contribution in [0.25, 0.3) is 0 Å². The Labute approximate surface area is 123 Å². The molecule has 6 heteroatoms. The molecule has 1 aromatic heterocycles. The molecule has 0 saturated heterocycles. The van der Waals surface area contributed by atoms with E-state index >= 15 is 0 Å². The van der Waals surface area contributed by atoms with E-state index in [2.05, 4.69) is 0 Å². The zero-order chi connectivity index (χ0) is 16.0. The number of ether oxygens (including phenoxy) is 2. The molecular formula is C15H22O6. The number of rotatable bonds is 8. The van der Waals surface area contributed by atoms with Crippen molar-refractivity contribution < 1.29 is 23.8 Å². The lowest BCUT2D eigenvalue weighted by Crippen LogP contribution is -2.16. The smallest absolute Gasteiger partial charge is 0.350 e. The van der Waals surface area contributed by atoms with Gasteiger partial charge in [0, 0.05) is 32.6 Å². The summed E-state index contributed by atoms with van der Waals surface area (Å²) in [5, 5.41) is 9.86. The van der Waals surface area contributed by atoms with Gasteiger partial charge < -0.3 is 19.0 Å². The van der Waals surface area contributed by atoms with E-state index in [4.69, 9.17) is 13.9 Å². The van der Waals surface area contributed by atoms with Crippen molar-refractivity contribution in [3.8, 4) is 5.75 Å². The fourth-order valence-electron chi connectivity index (χ4n) is 2.04. The van der Waals surface area contributed by atoms with Gasteiger partial charge in [0.25, 0.3) is 0 Å². The van der Waals surface area contributed by atoms with E-state index in [1.54, 1.807) is 21.1 Å². The highest BCUT2D eigenvalue weighted by atomic mass is 16.7. The van der Waals surface area contributed by atoms with Crippen LogP contribution in [0.5, 0.6) is 5.75 Å². The second-order valence-electron chi connectivity index (χ2n) is 4.85. The van der Waals surface area contributed by atoms with Gasteiger partial charge in [0.1, 0.15) is 17.1 Å². The van der Waals surface area contributed by atoms with Crippen LogP contribution in [0.2, 0.25) is 0 Å². The first-order chi connectivity index (χ1) is 9.94. The van der Waals surface area contributed by atoms with Crippen LogP contribution in [0.15, 0.2) is 15.3 Å². The lowest BCUT2D eigenvalue weighted by atomic mass is 10.0. The summed E-state index contributed by atoms with van der Waals surface area (Å²) >= 11 is 0. The monoisotopic (exact) mass is 298 g/mol. The Hall–Kier alpha value is -1.66. The lowest BCUT2D eigenvalue weighted by Gasteiger charge is -2.16. The molecule has 0 spiro atoms. The highest BCUT2D eigenvalue weighted by Crippen LogP contribution is 2.26. The summed E-state index contributed by atoms with van der Waals surface area (Å²) in [5.41, 5.74) is -1.07. The van der Waals surface area contributed by atoms with Gasteiger partial charge in [-0.05, 0) is 12.8 Å². The van der Waals surface area contributed by atoms with E-state index in [9.17, 15) is 14.7 Å². The van der Waals surface area contributed by atoms with Crippen molar-refractivity contribution in [2.45, 2.75) is 45.3 Å². The second-order valence-corrected chi connectivity index (χ2v) is 4.85. The van der Waals surface area contributed by atoms with Gasteiger partial charge in [-0.25, -0.2) is 4.79 Å². The molecule has 1 heterocycles. The molecule has 1 N–H and O–H groups in total. The van der Waals surface area contributed by atoms with Crippen molar-refractivity contribution in [3.63, 3.8) is 0 Å². The average Bonchev–Trinajstić information content (AvgIpc) is 2.46. The molecule has 1 atom stereocenters. The first kappa shape index (κ1) is 17.4. The molecule has 6 nitrogen and oxygen atoms in total. The SMILES string of the molecule is CCC(=O)c1c(O)cc(C(C)CCC(OC)OC)oc1=O. The molecule has 1 rings (SSSR count). The van der Waals surface area contributed by atoms with Gasteiger partial charge in [0.05, 0.1) is 0 Å². The van der Waals surface area contributed by atoms with E-state index < -0.39 is 11.4 Å². The van der Waals surface area contributed by atoms with Gasteiger partial charge in [-0.15, -0.1) is 0 Å². The molecule has 0 aliphatic heterocycles. The molecule has 0 aliphatic rings. The topological polar surface area (TPSA) is 86.0 Å². The molecular weight excluding hydrogens is 276 g/mol. The normalized spacial score (nSPS) is 12.6. The Kier molecular flexibility index (Phi) is 6.58. The van der Waals surface area contributed by atoms with Gasteiger partial charge in [-0.2, -0.15) is 0 Å². The number of carbonyl (C=O) groups excluding carboxylic acids is 1. The third-order valence-corrected chi connectivity index (χ3v) is 3.40. The highest BCUT2D eigenvalue weighted by molar-refractivity contribution is 5.97. The molecule has 1 aromatic rings. The fraction of sp³-hybridized carbons (Fsp3) is 0.600. The van der Waals surface area contributed by atoms with Crippen LogP contribution in [-0.2, 0) is 9.47 Å². The Morgan fingerprint density at radius 2 is 1.95 bits per heavy atom. The number of ketones is 1. The minimum atomic E-state index is -0.793. The summed E-state index contributed by atoms with van der Waals surface area (Å²) < 4.78 is 15.3. The van der Waals surface area contributed by atoms with Crippen LogP contribution in [0, 0.1) is 0 Å². The maximum Gasteiger partial charge on any atom is 0.350 e. The zero-order valence-corrected chi connectivity index (χ0v) is 12.8. The lowest BCUT2D eigenvalue weighted by molar-refractivity contribution is -0.107. The predicted molar refractivity (Wildman–Crippen MR) is 76.7 cm³/mol. The molecule has 0 fully saturated rings. The molecule has 0 aliphatic carbocycles. The van der Waals surface area contributed by atoms with Gasteiger partial charge in [-0.1, -0.05) is 13.8 Å². The number of Topliss-reactive ketones (excluding diaryl/α,β-unsaturated/α-hetero) is 1. The van der Waals surface area contributed by atoms with E-state index in [0.717, 1.165) is 0 Å². The first-order valence-electron chi connectivity index (χ1n) is 6.90. The molecule has 0 radical (unpaired) electrons. The number of aromatic hydroxyl groups is 1. The van der Waals surface area contributed by atoms with Crippen molar-refractivity contribution in [2.75, 3.05) is 14.2 Å². The molecule has 0 bridgehead atoms. The highest BCUT2D eigenvalue weighted by Gasteiger charge is 2.20. The molecule has 0 aromatic carbocycles. The standard InChI is InChI=1S/C15H22O6/c1-5-10(16)14-11(17)8-12(21-15(14)18)9(2)6-7-13(19-3)20-4/h8-9,13,17H,5-7H2,1-4H3. The minimum absolute atomic E-state index is 0.109.